The fourth-order valence-corrected chi connectivity index (χ4v) is 1.77. The highest BCUT2D eigenvalue weighted by atomic mass is 15.5. The second-order valence-corrected chi connectivity index (χ2v) is 3.91. The molecule has 1 N–H and O–H groups in total. The van der Waals surface area contributed by atoms with Crippen molar-refractivity contribution in [3.8, 4) is 18.0 Å². The topological polar surface area (TPSA) is 42.7 Å². The molecule has 2 rings (SSSR count). The zero-order valence-corrected chi connectivity index (χ0v) is 10.4. The predicted octanol–water partition coefficient (Wildman–Crippen LogP) is 1.94. The summed E-state index contributed by atoms with van der Waals surface area (Å²) in [6, 6.07) is 9.88. The van der Waals surface area contributed by atoms with Gasteiger partial charge in [0, 0.05) is 6.42 Å². The maximum atomic E-state index is 5.37. The summed E-state index contributed by atoms with van der Waals surface area (Å²) in [6.45, 7) is 2.90. The second kappa shape index (κ2) is 5.99. The molecule has 1 atom stereocenters. The number of nitrogens with zero attached hydrogens (tertiary/aromatic N) is 3. The maximum Gasteiger partial charge on any atom is 0.101 e. The average molecular weight is 240 g/mol. The van der Waals surface area contributed by atoms with E-state index in [1.165, 1.54) is 0 Å². The number of nitrogens with one attached hydrogen (secondary N) is 1. The second-order valence-electron chi connectivity index (χ2n) is 3.91. The van der Waals surface area contributed by atoms with Gasteiger partial charge in [-0.15, -0.1) is 12.3 Å². The molecule has 0 aliphatic carbocycles. The van der Waals surface area contributed by atoms with E-state index < -0.39 is 0 Å². The molecule has 92 valence electrons. The summed E-state index contributed by atoms with van der Waals surface area (Å²) in [5.41, 5.74) is 1.82. The van der Waals surface area contributed by atoms with Crippen LogP contribution in [0.5, 0.6) is 0 Å². The summed E-state index contributed by atoms with van der Waals surface area (Å²) in [5.74, 6) is 2.66. The molecule has 4 heteroatoms. The lowest BCUT2D eigenvalue weighted by Crippen LogP contribution is -2.21. The van der Waals surface area contributed by atoms with Crippen molar-refractivity contribution < 1.29 is 0 Å². The Balaban J connectivity index is 2.22. The highest BCUT2D eigenvalue weighted by Crippen LogP contribution is 2.14. The van der Waals surface area contributed by atoms with E-state index in [1.807, 2.05) is 37.3 Å². The Morgan fingerprint density at radius 3 is 2.83 bits per heavy atom. The lowest BCUT2D eigenvalue weighted by Gasteiger charge is -2.11. The van der Waals surface area contributed by atoms with Crippen molar-refractivity contribution in [1.82, 2.24) is 20.3 Å². The molecule has 0 radical (unpaired) electrons. The number of rotatable bonds is 5. The van der Waals surface area contributed by atoms with E-state index in [0.717, 1.165) is 17.9 Å². The Hall–Kier alpha value is -2.12. The SMILES string of the molecule is C#CCC(NCC)c1cnn(-c2ccccc2)n1. The first-order valence-electron chi connectivity index (χ1n) is 5.99. The van der Waals surface area contributed by atoms with Crippen LogP contribution < -0.4 is 5.32 Å². The summed E-state index contributed by atoms with van der Waals surface area (Å²) in [5, 5.41) is 12.0. The number of terminal acetylenes is 1. The molecule has 1 aromatic carbocycles. The summed E-state index contributed by atoms with van der Waals surface area (Å²) in [6.07, 6.45) is 7.74. The third-order valence-electron chi connectivity index (χ3n) is 2.63. The zero-order valence-electron chi connectivity index (χ0n) is 10.4. The van der Waals surface area contributed by atoms with Gasteiger partial charge in [0.05, 0.1) is 17.9 Å². The van der Waals surface area contributed by atoms with Crippen LogP contribution in [0.2, 0.25) is 0 Å². The third-order valence-corrected chi connectivity index (χ3v) is 2.63. The van der Waals surface area contributed by atoms with Gasteiger partial charge in [0.25, 0.3) is 0 Å². The smallest absolute Gasteiger partial charge is 0.101 e. The van der Waals surface area contributed by atoms with Gasteiger partial charge in [0.2, 0.25) is 0 Å². The maximum absolute atomic E-state index is 5.37. The highest BCUT2D eigenvalue weighted by molar-refractivity contribution is 5.28. The fourth-order valence-electron chi connectivity index (χ4n) is 1.77. The molecule has 1 unspecified atom stereocenters. The van der Waals surface area contributed by atoms with Gasteiger partial charge in [0.15, 0.2) is 0 Å². The van der Waals surface area contributed by atoms with E-state index in [4.69, 9.17) is 6.42 Å². The van der Waals surface area contributed by atoms with E-state index in [2.05, 4.69) is 21.4 Å². The first-order valence-corrected chi connectivity index (χ1v) is 5.99. The van der Waals surface area contributed by atoms with Crippen LogP contribution in [-0.4, -0.2) is 21.5 Å². The van der Waals surface area contributed by atoms with Crippen LogP contribution in [0.15, 0.2) is 36.5 Å². The first kappa shape index (κ1) is 12.3. The van der Waals surface area contributed by atoms with Crippen molar-refractivity contribution in [2.24, 2.45) is 0 Å². The minimum Gasteiger partial charge on any atom is -0.308 e. The number of aromatic nitrogens is 3. The van der Waals surface area contributed by atoms with E-state index in [-0.39, 0.29) is 6.04 Å². The molecule has 18 heavy (non-hydrogen) atoms. The van der Waals surface area contributed by atoms with Crippen LogP contribution in [0.4, 0.5) is 0 Å². The first-order chi connectivity index (χ1) is 8.85. The molecular weight excluding hydrogens is 224 g/mol. The van der Waals surface area contributed by atoms with Crippen LogP contribution in [0.25, 0.3) is 5.69 Å². The van der Waals surface area contributed by atoms with Gasteiger partial charge in [-0.2, -0.15) is 15.0 Å². The Bertz CT molecular complexity index is 524. The summed E-state index contributed by atoms with van der Waals surface area (Å²) >= 11 is 0. The predicted molar refractivity (Wildman–Crippen MR) is 71.2 cm³/mol. The van der Waals surface area contributed by atoms with Crippen molar-refractivity contribution in [2.45, 2.75) is 19.4 Å². The fraction of sp³-hybridized carbons (Fsp3) is 0.286. The molecule has 0 spiro atoms. The summed E-state index contributed by atoms with van der Waals surface area (Å²) < 4.78 is 0. The van der Waals surface area contributed by atoms with Crippen molar-refractivity contribution in [3.63, 3.8) is 0 Å². The molecule has 0 saturated carbocycles. The molecule has 2 aromatic rings. The van der Waals surface area contributed by atoms with Gasteiger partial charge in [-0.05, 0) is 18.7 Å². The minimum absolute atomic E-state index is 0.0671. The van der Waals surface area contributed by atoms with Crippen LogP contribution >= 0.6 is 0 Å². The van der Waals surface area contributed by atoms with Gasteiger partial charge in [-0.25, -0.2) is 0 Å². The zero-order chi connectivity index (χ0) is 12.8. The largest absolute Gasteiger partial charge is 0.308 e. The molecule has 0 saturated heterocycles. The van der Waals surface area contributed by atoms with Crippen molar-refractivity contribution in [3.05, 3.63) is 42.2 Å². The normalized spacial score (nSPS) is 12.0. The molecule has 0 amide bonds. The van der Waals surface area contributed by atoms with Crippen molar-refractivity contribution >= 4 is 0 Å². The van der Waals surface area contributed by atoms with E-state index >= 15 is 0 Å². The molecule has 0 aliphatic rings. The summed E-state index contributed by atoms with van der Waals surface area (Å²) in [7, 11) is 0. The Morgan fingerprint density at radius 1 is 1.39 bits per heavy atom. The summed E-state index contributed by atoms with van der Waals surface area (Å²) in [4.78, 5) is 1.62. The number of hydrogen-bond donors (Lipinski definition) is 1. The highest BCUT2D eigenvalue weighted by Gasteiger charge is 2.13. The minimum atomic E-state index is 0.0671. The Labute approximate surface area is 107 Å². The van der Waals surface area contributed by atoms with Gasteiger partial charge >= 0.3 is 0 Å². The molecule has 1 heterocycles. The van der Waals surface area contributed by atoms with Crippen LogP contribution in [0, 0.1) is 12.3 Å². The number of hydrogen-bond acceptors (Lipinski definition) is 3. The quantitative estimate of drug-likeness (QED) is 0.812. The molecule has 1 aromatic heterocycles. The molecule has 0 bridgehead atoms. The molecular formula is C14H16N4. The van der Waals surface area contributed by atoms with E-state index in [0.29, 0.717) is 6.42 Å². The number of benzene rings is 1. The Morgan fingerprint density at radius 2 is 2.17 bits per heavy atom. The van der Waals surface area contributed by atoms with Crippen LogP contribution in [0.3, 0.4) is 0 Å². The molecule has 0 aliphatic heterocycles. The monoisotopic (exact) mass is 240 g/mol. The third kappa shape index (κ3) is 2.76. The molecule has 4 nitrogen and oxygen atoms in total. The van der Waals surface area contributed by atoms with Crippen molar-refractivity contribution in [1.29, 1.82) is 0 Å². The molecule has 0 fully saturated rings. The standard InChI is InChI=1S/C14H16N4/c1-3-8-13(15-4-2)14-11-16-18(17-14)12-9-6-5-7-10-12/h1,5-7,9-11,13,15H,4,8H2,2H3. The van der Waals surface area contributed by atoms with Crippen molar-refractivity contribution in [2.75, 3.05) is 6.54 Å². The lowest BCUT2D eigenvalue weighted by atomic mass is 10.1. The van der Waals surface area contributed by atoms with Gasteiger partial charge in [0.1, 0.15) is 5.69 Å². The van der Waals surface area contributed by atoms with Gasteiger partial charge < -0.3 is 5.32 Å². The van der Waals surface area contributed by atoms with Crippen LogP contribution in [0.1, 0.15) is 25.1 Å². The van der Waals surface area contributed by atoms with Gasteiger partial charge in [-0.1, -0.05) is 25.1 Å². The van der Waals surface area contributed by atoms with E-state index in [1.54, 1.807) is 11.0 Å². The lowest BCUT2D eigenvalue weighted by molar-refractivity contribution is 0.545. The Kier molecular flexibility index (Phi) is 4.11. The van der Waals surface area contributed by atoms with Crippen LogP contribution in [-0.2, 0) is 0 Å². The van der Waals surface area contributed by atoms with E-state index in [9.17, 15) is 0 Å². The van der Waals surface area contributed by atoms with Gasteiger partial charge in [-0.3, -0.25) is 0 Å². The average Bonchev–Trinajstić information content (AvgIpc) is 2.89. The number of para-hydroxylation sites is 1.